The normalized spacial score (nSPS) is 12.5. The molecule has 1 aromatic carbocycles. The lowest BCUT2D eigenvalue weighted by molar-refractivity contribution is 0.761. The third-order valence-corrected chi connectivity index (χ3v) is 4.87. The van der Waals surface area contributed by atoms with Crippen molar-refractivity contribution in [3.63, 3.8) is 0 Å². The minimum atomic E-state index is -0.0479. The molecule has 0 radical (unpaired) electrons. The predicted octanol–water partition coefficient (Wildman–Crippen LogP) is 3.77. The number of rotatable bonds is 3. The monoisotopic (exact) mass is 328 g/mol. The van der Waals surface area contributed by atoms with Crippen LogP contribution in [0.3, 0.4) is 0 Å². The van der Waals surface area contributed by atoms with Crippen LogP contribution < -0.4 is 5.73 Å². The number of pyridine rings is 1. The van der Waals surface area contributed by atoms with E-state index in [0.717, 1.165) is 21.5 Å². The Labute approximate surface area is 139 Å². The van der Waals surface area contributed by atoms with Gasteiger partial charge in [-0.1, -0.05) is 24.3 Å². The third kappa shape index (κ3) is 2.64. The largest absolute Gasteiger partial charge is 0.383 e. The van der Waals surface area contributed by atoms with E-state index in [4.69, 9.17) is 5.73 Å². The second kappa shape index (κ2) is 6.14. The molecule has 0 aliphatic carbocycles. The molecule has 3 aromatic rings. The topological polar surface area (TPSA) is 64.7 Å². The predicted molar refractivity (Wildman–Crippen MR) is 94.7 cm³/mol. The van der Waals surface area contributed by atoms with Crippen LogP contribution in [-0.4, -0.2) is 21.2 Å². The van der Waals surface area contributed by atoms with Gasteiger partial charge in [0.15, 0.2) is 0 Å². The summed E-state index contributed by atoms with van der Waals surface area (Å²) >= 11 is 5.88. The quantitative estimate of drug-likeness (QED) is 0.435. The van der Waals surface area contributed by atoms with Crippen molar-refractivity contribution in [2.45, 2.75) is 22.8 Å². The summed E-state index contributed by atoms with van der Waals surface area (Å²) in [5, 5.41) is 3.06. The van der Waals surface area contributed by atoms with Gasteiger partial charge in [-0.2, -0.15) is 0 Å². The summed E-state index contributed by atoms with van der Waals surface area (Å²) in [4.78, 5) is 14.2. The number of anilines is 1. The number of hydrogen-bond donors (Lipinski definition) is 2. The first-order chi connectivity index (χ1) is 10.6. The van der Waals surface area contributed by atoms with Gasteiger partial charge >= 0.3 is 0 Å². The fraction of sp³-hybridized carbons (Fsp3) is 0.188. The van der Waals surface area contributed by atoms with E-state index in [1.165, 1.54) is 11.8 Å². The van der Waals surface area contributed by atoms with Gasteiger partial charge < -0.3 is 5.73 Å². The Balaban J connectivity index is 2.14. The van der Waals surface area contributed by atoms with E-state index in [1.54, 1.807) is 0 Å². The molecule has 0 saturated heterocycles. The minimum Gasteiger partial charge on any atom is -0.383 e. The Morgan fingerprint density at radius 2 is 1.95 bits per heavy atom. The Kier molecular flexibility index (Phi) is 4.22. The summed E-state index contributed by atoms with van der Waals surface area (Å²) in [7, 11) is 0. The fourth-order valence-corrected chi connectivity index (χ4v) is 3.27. The molecular formula is C16H16N4S2. The molecule has 0 aliphatic rings. The van der Waals surface area contributed by atoms with Crippen LogP contribution in [0.1, 0.15) is 24.4 Å². The van der Waals surface area contributed by atoms with Gasteiger partial charge in [0, 0.05) is 11.6 Å². The number of nitrogens with two attached hydrogens (primary N) is 1. The zero-order valence-electron chi connectivity index (χ0n) is 12.3. The van der Waals surface area contributed by atoms with E-state index in [-0.39, 0.29) is 5.92 Å². The van der Waals surface area contributed by atoms with Crippen molar-refractivity contribution < 1.29 is 0 Å². The van der Waals surface area contributed by atoms with Crippen molar-refractivity contribution in [2.24, 2.45) is 0 Å². The Morgan fingerprint density at radius 3 is 2.73 bits per heavy atom. The highest BCUT2D eigenvalue weighted by Gasteiger charge is 2.18. The summed E-state index contributed by atoms with van der Waals surface area (Å²) in [6.07, 6.45) is 3.77. The number of nitrogens with zero attached hydrogens (tertiary/aromatic N) is 3. The smallest absolute Gasteiger partial charge is 0.141 e. The molecule has 2 aromatic heterocycles. The van der Waals surface area contributed by atoms with Gasteiger partial charge in [-0.15, -0.1) is 24.4 Å². The van der Waals surface area contributed by atoms with Crippen LogP contribution in [0.25, 0.3) is 10.8 Å². The number of fused-ring (bicyclic) bond motifs is 1. The molecule has 0 fully saturated rings. The van der Waals surface area contributed by atoms with E-state index in [1.807, 2.05) is 37.6 Å². The fourth-order valence-electron chi connectivity index (χ4n) is 2.41. The first kappa shape index (κ1) is 15.1. The zero-order valence-corrected chi connectivity index (χ0v) is 14.0. The maximum absolute atomic E-state index is 5.96. The van der Waals surface area contributed by atoms with E-state index in [9.17, 15) is 0 Å². The highest BCUT2D eigenvalue weighted by molar-refractivity contribution is 7.99. The molecule has 0 bridgehead atoms. The molecule has 6 heteroatoms. The summed E-state index contributed by atoms with van der Waals surface area (Å²) in [5.74, 6) is 1.03. The molecule has 3 rings (SSSR count). The Hall–Kier alpha value is -1.79. The average Bonchev–Trinajstić information content (AvgIpc) is 2.56. The first-order valence-corrected chi connectivity index (χ1v) is 8.53. The Bertz CT molecular complexity index is 830. The van der Waals surface area contributed by atoms with Gasteiger partial charge in [0.05, 0.1) is 16.5 Å². The molecule has 4 nitrogen and oxygen atoms in total. The molecular weight excluding hydrogens is 312 g/mol. The molecule has 0 aliphatic heterocycles. The standard InChI is InChI=1S/C16H16N4S2/c1-9(15-19-14(17)13(21)16(20-15)22-2)12-11-6-4-3-5-10(11)7-8-18-12/h3-9,21H,1-2H3,(H2,17,19,20). The van der Waals surface area contributed by atoms with Gasteiger partial charge in [-0.05, 0) is 24.6 Å². The summed E-state index contributed by atoms with van der Waals surface area (Å²) in [6.45, 7) is 2.05. The van der Waals surface area contributed by atoms with Gasteiger partial charge in [0.25, 0.3) is 0 Å². The highest BCUT2D eigenvalue weighted by atomic mass is 32.2. The first-order valence-electron chi connectivity index (χ1n) is 6.85. The lowest BCUT2D eigenvalue weighted by Crippen LogP contribution is -2.09. The maximum atomic E-state index is 5.96. The van der Waals surface area contributed by atoms with E-state index in [0.29, 0.717) is 16.5 Å². The van der Waals surface area contributed by atoms with Crippen LogP contribution in [-0.2, 0) is 0 Å². The number of nitrogen functional groups attached to an aromatic ring is 1. The van der Waals surface area contributed by atoms with Crippen LogP contribution in [0.15, 0.2) is 46.5 Å². The maximum Gasteiger partial charge on any atom is 0.141 e. The third-order valence-electron chi connectivity index (χ3n) is 3.59. The molecule has 0 saturated carbocycles. The SMILES string of the molecule is CSc1nc(C(C)c2nccc3ccccc23)nc(N)c1S. The van der Waals surface area contributed by atoms with E-state index >= 15 is 0 Å². The van der Waals surface area contributed by atoms with Crippen LogP contribution in [0.2, 0.25) is 0 Å². The molecule has 112 valence electrons. The molecule has 1 atom stereocenters. The van der Waals surface area contributed by atoms with Crippen molar-refractivity contribution in [3.8, 4) is 0 Å². The van der Waals surface area contributed by atoms with E-state index in [2.05, 4.69) is 39.7 Å². The van der Waals surface area contributed by atoms with Crippen molar-refractivity contribution in [1.82, 2.24) is 15.0 Å². The molecule has 1 unspecified atom stereocenters. The van der Waals surface area contributed by atoms with E-state index < -0.39 is 0 Å². The van der Waals surface area contributed by atoms with Crippen LogP contribution in [0, 0.1) is 0 Å². The van der Waals surface area contributed by atoms with Gasteiger partial charge in [-0.25, -0.2) is 9.97 Å². The summed E-state index contributed by atoms with van der Waals surface area (Å²) < 4.78 is 0. The zero-order chi connectivity index (χ0) is 15.7. The van der Waals surface area contributed by atoms with Crippen LogP contribution in [0.5, 0.6) is 0 Å². The molecule has 22 heavy (non-hydrogen) atoms. The number of aromatic nitrogens is 3. The Morgan fingerprint density at radius 1 is 1.18 bits per heavy atom. The second-order valence-corrected chi connectivity index (χ2v) is 6.21. The van der Waals surface area contributed by atoms with Crippen molar-refractivity contribution >= 4 is 41.0 Å². The second-order valence-electron chi connectivity index (χ2n) is 4.96. The van der Waals surface area contributed by atoms with Crippen LogP contribution >= 0.6 is 24.4 Å². The van der Waals surface area contributed by atoms with Gasteiger partial charge in [0.2, 0.25) is 0 Å². The van der Waals surface area contributed by atoms with Gasteiger partial charge in [0.1, 0.15) is 16.7 Å². The van der Waals surface area contributed by atoms with Crippen molar-refractivity contribution in [3.05, 3.63) is 48.0 Å². The van der Waals surface area contributed by atoms with Crippen molar-refractivity contribution in [2.75, 3.05) is 12.0 Å². The number of thiol groups is 1. The molecule has 2 N–H and O–H groups in total. The summed E-state index contributed by atoms with van der Waals surface area (Å²) in [6, 6.07) is 10.2. The minimum absolute atomic E-state index is 0.0479. The number of hydrogen-bond acceptors (Lipinski definition) is 6. The summed E-state index contributed by atoms with van der Waals surface area (Å²) in [5.41, 5.74) is 6.92. The average molecular weight is 328 g/mol. The molecule has 2 heterocycles. The number of thioether (sulfide) groups is 1. The highest BCUT2D eigenvalue weighted by Crippen LogP contribution is 2.31. The molecule has 0 amide bonds. The molecule has 0 spiro atoms. The van der Waals surface area contributed by atoms with Crippen LogP contribution in [0.4, 0.5) is 5.82 Å². The van der Waals surface area contributed by atoms with Crippen molar-refractivity contribution in [1.29, 1.82) is 0 Å². The lowest BCUT2D eigenvalue weighted by Gasteiger charge is -2.14. The number of benzene rings is 1. The lowest BCUT2D eigenvalue weighted by atomic mass is 10.00. The van der Waals surface area contributed by atoms with Gasteiger partial charge in [-0.3, -0.25) is 4.98 Å².